The number of carbonyl (C=O) groups excluding carboxylic acids is 2. The topological polar surface area (TPSA) is 67.9 Å². The van der Waals surface area contributed by atoms with Crippen LogP contribution in [0.25, 0.3) is 6.08 Å². The molecule has 1 saturated heterocycles. The molecule has 0 saturated carbocycles. The summed E-state index contributed by atoms with van der Waals surface area (Å²) in [5.41, 5.74) is 0.753. The number of rotatable bonds is 6. The van der Waals surface area contributed by atoms with Gasteiger partial charge in [-0.2, -0.15) is 0 Å². The summed E-state index contributed by atoms with van der Waals surface area (Å²) >= 11 is 17.8. The van der Waals surface area contributed by atoms with Gasteiger partial charge in [0.15, 0.2) is 16.6 Å². The number of nitrogens with zero attached hydrogens (tertiary/aromatic N) is 1. The lowest BCUT2D eigenvalue weighted by Gasteiger charge is -2.29. The highest BCUT2D eigenvalue weighted by Crippen LogP contribution is 2.37. The molecule has 6 nitrogen and oxygen atoms in total. The molecule has 9 heteroatoms. The van der Waals surface area contributed by atoms with Gasteiger partial charge in [-0.3, -0.25) is 19.8 Å². The number of ether oxygens (including phenoxy) is 2. The first-order chi connectivity index (χ1) is 14.4. The Hall–Kier alpha value is -2.61. The van der Waals surface area contributed by atoms with Gasteiger partial charge in [-0.05, 0) is 62.0 Å². The highest BCUT2D eigenvalue weighted by atomic mass is 35.5. The molecule has 0 spiro atoms. The highest BCUT2D eigenvalue weighted by Gasteiger charge is 2.35. The maximum atomic E-state index is 13.1. The van der Waals surface area contributed by atoms with Crippen LogP contribution >= 0.6 is 35.4 Å². The molecule has 1 N–H and O–H groups in total. The molecule has 30 heavy (non-hydrogen) atoms. The van der Waals surface area contributed by atoms with Crippen molar-refractivity contribution in [2.24, 2.45) is 0 Å². The van der Waals surface area contributed by atoms with Crippen LogP contribution in [0, 0.1) is 0 Å². The van der Waals surface area contributed by atoms with Crippen molar-refractivity contribution in [1.82, 2.24) is 5.32 Å². The third-order valence-electron chi connectivity index (χ3n) is 4.13. The van der Waals surface area contributed by atoms with Gasteiger partial charge in [0.1, 0.15) is 5.57 Å². The van der Waals surface area contributed by atoms with Gasteiger partial charge in [-0.15, -0.1) is 0 Å². The Morgan fingerprint density at radius 1 is 1.07 bits per heavy atom. The summed E-state index contributed by atoms with van der Waals surface area (Å²) in [7, 11) is 0. The predicted molar refractivity (Wildman–Crippen MR) is 121 cm³/mol. The number of hydrogen-bond donors (Lipinski definition) is 1. The van der Waals surface area contributed by atoms with E-state index >= 15 is 0 Å². The summed E-state index contributed by atoms with van der Waals surface area (Å²) < 4.78 is 11.2. The van der Waals surface area contributed by atoms with Crippen molar-refractivity contribution in [3.05, 3.63) is 57.6 Å². The van der Waals surface area contributed by atoms with E-state index in [1.54, 1.807) is 36.4 Å². The number of nitrogens with one attached hydrogen (secondary N) is 1. The minimum atomic E-state index is -0.615. The van der Waals surface area contributed by atoms with E-state index in [9.17, 15) is 9.59 Å². The van der Waals surface area contributed by atoms with Crippen molar-refractivity contribution in [2.75, 3.05) is 18.1 Å². The van der Waals surface area contributed by atoms with E-state index in [4.69, 9.17) is 44.9 Å². The fourth-order valence-electron chi connectivity index (χ4n) is 2.89. The maximum absolute atomic E-state index is 13.1. The number of benzene rings is 2. The van der Waals surface area contributed by atoms with Gasteiger partial charge in [0.2, 0.25) is 0 Å². The second-order valence-electron chi connectivity index (χ2n) is 6.11. The molecule has 0 aliphatic carbocycles. The number of carbonyl (C=O) groups is 2. The molecule has 0 bridgehead atoms. The maximum Gasteiger partial charge on any atom is 0.270 e. The fraction of sp³-hybridized carbons (Fsp3) is 0.190. The molecular formula is C21H18Cl2N2O4S. The Labute approximate surface area is 189 Å². The Morgan fingerprint density at radius 2 is 1.77 bits per heavy atom. The van der Waals surface area contributed by atoms with E-state index in [0.29, 0.717) is 46.0 Å². The van der Waals surface area contributed by atoms with E-state index in [1.807, 2.05) is 13.8 Å². The number of anilines is 1. The number of thiocarbonyl (C=S) groups is 1. The molecule has 0 atom stereocenters. The van der Waals surface area contributed by atoms with Crippen molar-refractivity contribution in [3.63, 3.8) is 0 Å². The quantitative estimate of drug-likeness (QED) is 0.383. The average Bonchev–Trinajstić information content (AvgIpc) is 2.69. The van der Waals surface area contributed by atoms with Crippen LogP contribution in [0.3, 0.4) is 0 Å². The first-order valence-corrected chi connectivity index (χ1v) is 10.3. The van der Waals surface area contributed by atoms with Gasteiger partial charge < -0.3 is 9.47 Å². The van der Waals surface area contributed by atoms with Crippen molar-refractivity contribution >= 4 is 64.1 Å². The largest absolute Gasteiger partial charge is 0.490 e. The highest BCUT2D eigenvalue weighted by molar-refractivity contribution is 7.80. The van der Waals surface area contributed by atoms with Gasteiger partial charge in [-0.1, -0.05) is 35.3 Å². The fourth-order valence-corrected chi connectivity index (χ4v) is 3.66. The van der Waals surface area contributed by atoms with E-state index < -0.39 is 11.8 Å². The van der Waals surface area contributed by atoms with Crippen LogP contribution in [0.2, 0.25) is 10.0 Å². The third-order valence-corrected chi connectivity index (χ3v) is 5.01. The van der Waals surface area contributed by atoms with Gasteiger partial charge in [0.05, 0.1) is 28.9 Å². The first-order valence-electron chi connectivity index (χ1n) is 9.12. The normalized spacial score (nSPS) is 15.4. The summed E-state index contributed by atoms with van der Waals surface area (Å²) in [6.07, 6.45) is 1.42. The zero-order valence-corrected chi connectivity index (χ0v) is 18.5. The molecule has 0 aromatic heterocycles. The molecular weight excluding hydrogens is 447 g/mol. The van der Waals surface area contributed by atoms with Crippen LogP contribution in [0.5, 0.6) is 11.5 Å². The molecule has 3 rings (SSSR count). The predicted octanol–water partition coefficient (Wildman–Crippen LogP) is 4.62. The molecule has 156 valence electrons. The summed E-state index contributed by atoms with van der Waals surface area (Å²) in [6.45, 7) is 4.46. The number of amides is 2. The second kappa shape index (κ2) is 9.47. The van der Waals surface area contributed by atoms with Gasteiger partial charge >= 0.3 is 0 Å². The standard InChI is InChI=1S/C21H18Cl2N2O4S/c1-3-28-17-11-12(10-15(23)18(17)29-4-2)9-13-19(26)24-21(30)25(20(13)27)16-8-6-5-7-14(16)22/h5-11H,3-4H2,1-2H3,(H,24,26,30)/b13-9+. The molecule has 1 fully saturated rings. The molecule has 0 unspecified atom stereocenters. The van der Waals surface area contributed by atoms with Crippen LogP contribution < -0.4 is 19.7 Å². The van der Waals surface area contributed by atoms with Crippen molar-refractivity contribution < 1.29 is 19.1 Å². The average molecular weight is 465 g/mol. The SMILES string of the molecule is CCOc1cc(/C=C2\C(=O)NC(=S)N(c3ccccc3Cl)C2=O)cc(Cl)c1OCC. The van der Waals surface area contributed by atoms with Gasteiger partial charge in [-0.25, -0.2) is 0 Å². The van der Waals surface area contributed by atoms with Crippen molar-refractivity contribution in [2.45, 2.75) is 13.8 Å². The first kappa shape index (κ1) is 22.1. The molecule has 0 radical (unpaired) electrons. The molecule has 1 aliphatic rings. The van der Waals surface area contributed by atoms with Crippen LogP contribution in [0.15, 0.2) is 42.0 Å². The zero-order valence-electron chi connectivity index (χ0n) is 16.2. The zero-order chi connectivity index (χ0) is 21.8. The lowest BCUT2D eigenvalue weighted by atomic mass is 10.1. The second-order valence-corrected chi connectivity index (χ2v) is 7.31. The van der Waals surface area contributed by atoms with E-state index in [-0.39, 0.29) is 10.7 Å². The summed E-state index contributed by atoms with van der Waals surface area (Å²) in [5.74, 6) is -0.390. The molecule has 1 heterocycles. The van der Waals surface area contributed by atoms with Crippen LogP contribution in [0.1, 0.15) is 19.4 Å². The Balaban J connectivity index is 2.05. The minimum absolute atomic E-state index is 0.0463. The Morgan fingerprint density at radius 3 is 2.43 bits per heavy atom. The number of hydrogen-bond acceptors (Lipinski definition) is 5. The van der Waals surface area contributed by atoms with Crippen LogP contribution in [-0.2, 0) is 9.59 Å². The molecule has 1 aliphatic heterocycles. The summed E-state index contributed by atoms with van der Waals surface area (Å²) in [5, 5.41) is 3.11. The third kappa shape index (κ3) is 4.43. The van der Waals surface area contributed by atoms with E-state index in [1.165, 1.54) is 11.0 Å². The van der Waals surface area contributed by atoms with Crippen LogP contribution in [-0.4, -0.2) is 30.1 Å². The molecule has 2 amide bonds. The Kier molecular flexibility index (Phi) is 6.97. The van der Waals surface area contributed by atoms with Crippen LogP contribution in [0.4, 0.5) is 5.69 Å². The Bertz CT molecular complexity index is 1060. The summed E-state index contributed by atoms with van der Waals surface area (Å²) in [6, 6.07) is 9.97. The number of para-hydroxylation sites is 1. The summed E-state index contributed by atoms with van der Waals surface area (Å²) in [4.78, 5) is 26.8. The van der Waals surface area contributed by atoms with Gasteiger partial charge in [0, 0.05) is 0 Å². The van der Waals surface area contributed by atoms with E-state index in [2.05, 4.69) is 5.32 Å². The smallest absolute Gasteiger partial charge is 0.270 e. The molecule has 2 aromatic rings. The van der Waals surface area contributed by atoms with Gasteiger partial charge in [0.25, 0.3) is 11.8 Å². The lowest BCUT2D eigenvalue weighted by molar-refractivity contribution is -0.122. The van der Waals surface area contributed by atoms with Crippen molar-refractivity contribution in [1.29, 1.82) is 0 Å². The monoisotopic (exact) mass is 464 g/mol. The molecule has 2 aromatic carbocycles. The van der Waals surface area contributed by atoms with E-state index in [0.717, 1.165) is 0 Å². The van der Waals surface area contributed by atoms with Crippen molar-refractivity contribution in [3.8, 4) is 11.5 Å². The lowest BCUT2D eigenvalue weighted by Crippen LogP contribution is -2.54. The minimum Gasteiger partial charge on any atom is -0.490 e. The number of halogens is 2.